The summed E-state index contributed by atoms with van der Waals surface area (Å²) < 4.78 is 11.0. The Morgan fingerprint density at radius 3 is 2.67 bits per heavy atom. The molecule has 0 bridgehead atoms. The first-order chi connectivity index (χ1) is 11.6. The third-order valence-electron chi connectivity index (χ3n) is 4.36. The number of benzene rings is 1. The largest absolute Gasteiger partial charge is 0.496 e. The molecule has 0 aliphatic carbocycles. The monoisotopic (exact) mass is 330 g/mol. The van der Waals surface area contributed by atoms with Crippen molar-refractivity contribution >= 4 is 0 Å². The number of ether oxygens (including phenoxy) is 1. The number of methoxy groups -OCH3 is 1. The number of hydrogen-bond donors (Lipinski definition) is 0. The summed E-state index contributed by atoms with van der Waals surface area (Å²) in [5, 5.41) is 7.93. The second-order valence-electron chi connectivity index (χ2n) is 6.52. The molecule has 1 saturated heterocycles. The molecular formula is C18H26N4O2. The summed E-state index contributed by atoms with van der Waals surface area (Å²) in [5.74, 6) is 2.23. The molecule has 0 spiro atoms. The van der Waals surface area contributed by atoms with E-state index < -0.39 is 0 Å². The molecule has 130 valence electrons. The van der Waals surface area contributed by atoms with Crippen LogP contribution in [0.15, 0.2) is 22.6 Å². The predicted molar refractivity (Wildman–Crippen MR) is 91.7 cm³/mol. The Hall–Kier alpha value is -1.92. The fraction of sp³-hybridized carbons (Fsp3) is 0.556. The van der Waals surface area contributed by atoms with Gasteiger partial charge in [-0.2, -0.15) is 0 Å². The van der Waals surface area contributed by atoms with Crippen molar-refractivity contribution in [3.05, 3.63) is 41.1 Å². The second kappa shape index (κ2) is 7.77. The minimum absolute atomic E-state index is 0.607. The maximum absolute atomic E-state index is 5.54. The van der Waals surface area contributed by atoms with Crippen LogP contribution in [0.3, 0.4) is 0 Å². The lowest BCUT2D eigenvalue weighted by Gasteiger charge is -2.19. The van der Waals surface area contributed by atoms with E-state index >= 15 is 0 Å². The lowest BCUT2D eigenvalue weighted by molar-refractivity contribution is 0.278. The number of rotatable bonds is 7. The molecule has 1 aromatic heterocycles. The molecule has 0 atom stereocenters. The summed E-state index contributed by atoms with van der Waals surface area (Å²) in [6.07, 6.45) is 2.60. The highest BCUT2D eigenvalue weighted by Crippen LogP contribution is 2.24. The van der Waals surface area contributed by atoms with Crippen LogP contribution in [0.4, 0.5) is 0 Å². The second-order valence-corrected chi connectivity index (χ2v) is 6.52. The Kier molecular flexibility index (Phi) is 5.48. The van der Waals surface area contributed by atoms with Crippen LogP contribution in [0.25, 0.3) is 0 Å². The van der Waals surface area contributed by atoms with Gasteiger partial charge >= 0.3 is 0 Å². The summed E-state index contributed by atoms with van der Waals surface area (Å²) in [7, 11) is 3.80. The van der Waals surface area contributed by atoms with Crippen LogP contribution >= 0.6 is 0 Å². The van der Waals surface area contributed by atoms with Crippen molar-refractivity contribution in [1.82, 2.24) is 20.0 Å². The average molecular weight is 330 g/mol. The van der Waals surface area contributed by atoms with Crippen molar-refractivity contribution in [2.75, 3.05) is 27.2 Å². The van der Waals surface area contributed by atoms with Crippen molar-refractivity contribution in [3.8, 4) is 5.75 Å². The van der Waals surface area contributed by atoms with Crippen molar-refractivity contribution in [2.45, 2.75) is 39.4 Å². The minimum Gasteiger partial charge on any atom is -0.496 e. The van der Waals surface area contributed by atoms with E-state index in [2.05, 4.69) is 45.2 Å². The van der Waals surface area contributed by atoms with Crippen LogP contribution in [0.2, 0.25) is 0 Å². The molecule has 2 aromatic rings. The van der Waals surface area contributed by atoms with Gasteiger partial charge in [-0.05, 0) is 50.7 Å². The quantitative estimate of drug-likeness (QED) is 0.778. The van der Waals surface area contributed by atoms with Crippen LogP contribution in [0.5, 0.6) is 5.75 Å². The van der Waals surface area contributed by atoms with E-state index in [4.69, 9.17) is 9.15 Å². The summed E-state index contributed by atoms with van der Waals surface area (Å²) in [4.78, 5) is 4.67. The molecule has 1 fully saturated rings. The van der Waals surface area contributed by atoms with Crippen LogP contribution in [0.1, 0.15) is 35.7 Å². The van der Waals surface area contributed by atoms with Gasteiger partial charge in [0.15, 0.2) is 0 Å². The molecule has 0 N–H and O–H groups in total. The standard InChI is InChI=1S/C18H26N4O2/c1-14-19-20-18(24-14)13-21(2)11-15-6-7-17(23-3)16(10-15)12-22-8-4-5-9-22/h6-7,10H,4-5,8-9,11-13H2,1-3H3. The van der Waals surface area contributed by atoms with Crippen molar-refractivity contribution in [3.63, 3.8) is 0 Å². The number of hydrogen-bond acceptors (Lipinski definition) is 6. The first-order valence-electron chi connectivity index (χ1n) is 8.49. The van der Waals surface area contributed by atoms with E-state index in [1.165, 1.54) is 37.1 Å². The van der Waals surface area contributed by atoms with Gasteiger partial charge in [0, 0.05) is 25.6 Å². The van der Waals surface area contributed by atoms with Crippen LogP contribution in [-0.2, 0) is 19.6 Å². The van der Waals surface area contributed by atoms with Crippen LogP contribution in [-0.4, -0.2) is 47.2 Å². The number of nitrogens with zero attached hydrogens (tertiary/aromatic N) is 4. The molecule has 6 heteroatoms. The Bertz CT molecular complexity index is 665. The Morgan fingerprint density at radius 2 is 2.00 bits per heavy atom. The Morgan fingerprint density at radius 1 is 1.21 bits per heavy atom. The Labute approximate surface area is 143 Å². The molecule has 2 heterocycles. The highest BCUT2D eigenvalue weighted by atomic mass is 16.5. The van der Waals surface area contributed by atoms with E-state index in [-0.39, 0.29) is 0 Å². The first-order valence-corrected chi connectivity index (χ1v) is 8.49. The van der Waals surface area contributed by atoms with Crippen LogP contribution in [0, 0.1) is 6.92 Å². The number of likely N-dealkylation sites (tertiary alicyclic amines) is 1. The molecule has 3 rings (SSSR count). The molecule has 24 heavy (non-hydrogen) atoms. The average Bonchev–Trinajstić information content (AvgIpc) is 3.19. The first kappa shape index (κ1) is 16.9. The van der Waals surface area contributed by atoms with Gasteiger partial charge in [0.2, 0.25) is 11.8 Å². The molecule has 0 saturated carbocycles. The van der Waals surface area contributed by atoms with Gasteiger partial charge in [0.05, 0.1) is 13.7 Å². The molecule has 1 aromatic carbocycles. The third-order valence-corrected chi connectivity index (χ3v) is 4.36. The molecule has 1 aliphatic heterocycles. The smallest absolute Gasteiger partial charge is 0.230 e. The molecule has 6 nitrogen and oxygen atoms in total. The fourth-order valence-corrected chi connectivity index (χ4v) is 3.24. The maximum atomic E-state index is 5.54. The minimum atomic E-state index is 0.607. The van der Waals surface area contributed by atoms with E-state index in [0.717, 1.165) is 18.8 Å². The lowest BCUT2D eigenvalue weighted by atomic mass is 10.1. The van der Waals surface area contributed by atoms with Crippen molar-refractivity contribution in [2.24, 2.45) is 0 Å². The topological polar surface area (TPSA) is 54.6 Å². The molecule has 1 aliphatic rings. The van der Waals surface area contributed by atoms with Crippen molar-refractivity contribution in [1.29, 1.82) is 0 Å². The van der Waals surface area contributed by atoms with Crippen LogP contribution < -0.4 is 4.74 Å². The molecule has 0 amide bonds. The van der Waals surface area contributed by atoms with Gasteiger partial charge in [-0.1, -0.05) is 6.07 Å². The number of aromatic nitrogens is 2. The summed E-state index contributed by atoms with van der Waals surface area (Å²) in [6, 6.07) is 6.46. The fourth-order valence-electron chi connectivity index (χ4n) is 3.24. The summed E-state index contributed by atoms with van der Waals surface area (Å²) in [6.45, 7) is 6.62. The van der Waals surface area contributed by atoms with E-state index in [1.807, 2.05) is 6.92 Å². The third kappa shape index (κ3) is 4.33. The summed E-state index contributed by atoms with van der Waals surface area (Å²) in [5.41, 5.74) is 2.53. The van der Waals surface area contributed by atoms with E-state index in [1.54, 1.807) is 7.11 Å². The van der Waals surface area contributed by atoms with Gasteiger partial charge in [-0.15, -0.1) is 10.2 Å². The SMILES string of the molecule is COc1ccc(CN(C)Cc2nnc(C)o2)cc1CN1CCCC1. The van der Waals surface area contributed by atoms with Gasteiger partial charge in [-0.3, -0.25) is 9.80 Å². The van der Waals surface area contributed by atoms with E-state index in [9.17, 15) is 0 Å². The highest BCUT2D eigenvalue weighted by molar-refractivity contribution is 5.37. The summed E-state index contributed by atoms with van der Waals surface area (Å²) >= 11 is 0. The number of aryl methyl sites for hydroxylation is 1. The zero-order valence-corrected chi connectivity index (χ0v) is 14.8. The zero-order valence-electron chi connectivity index (χ0n) is 14.8. The Balaban J connectivity index is 1.66. The molecular weight excluding hydrogens is 304 g/mol. The van der Waals surface area contributed by atoms with Gasteiger partial charge in [-0.25, -0.2) is 0 Å². The van der Waals surface area contributed by atoms with Crippen molar-refractivity contribution < 1.29 is 9.15 Å². The molecule has 0 unspecified atom stereocenters. The predicted octanol–water partition coefficient (Wildman–Crippen LogP) is 2.61. The normalized spacial score (nSPS) is 15.3. The highest BCUT2D eigenvalue weighted by Gasteiger charge is 2.15. The molecule has 0 radical (unpaired) electrons. The maximum Gasteiger partial charge on any atom is 0.230 e. The zero-order chi connectivity index (χ0) is 16.9. The van der Waals surface area contributed by atoms with Gasteiger partial charge < -0.3 is 9.15 Å². The van der Waals surface area contributed by atoms with E-state index in [0.29, 0.717) is 18.3 Å². The lowest BCUT2D eigenvalue weighted by Crippen LogP contribution is -2.20. The van der Waals surface area contributed by atoms with Gasteiger partial charge in [0.25, 0.3) is 0 Å². The van der Waals surface area contributed by atoms with Gasteiger partial charge in [0.1, 0.15) is 5.75 Å².